The van der Waals surface area contributed by atoms with Crippen LogP contribution in [0.15, 0.2) is 23.1 Å². The van der Waals surface area contributed by atoms with Crippen LogP contribution in [0, 0.1) is 17.6 Å². The molecular weight excluding hydrogens is 240 g/mol. The molecule has 17 heavy (non-hydrogen) atoms. The fraction of sp³-hybridized carbons (Fsp3) is 0.538. The number of hydrogen-bond acceptors (Lipinski definition) is 2. The van der Waals surface area contributed by atoms with E-state index in [0.29, 0.717) is 16.6 Å². The summed E-state index contributed by atoms with van der Waals surface area (Å²) in [5, 5.41) is 0. The molecule has 1 aromatic carbocycles. The number of benzene rings is 1. The van der Waals surface area contributed by atoms with Crippen LogP contribution < -0.4 is 5.73 Å². The van der Waals surface area contributed by atoms with Gasteiger partial charge in [0.1, 0.15) is 11.6 Å². The average molecular weight is 257 g/mol. The molecule has 2 N–H and O–H groups in total. The molecule has 1 aliphatic carbocycles. The van der Waals surface area contributed by atoms with Crippen LogP contribution in [0.5, 0.6) is 0 Å². The molecule has 2 rings (SSSR count). The molecule has 1 aliphatic rings. The van der Waals surface area contributed by atoms with Gasteiger partial charge in [-0.25, -0.2) is 8.78 Å². The van der Waals surface area contributed by atoms with Crippen molar-refractivity contribution in [1.29, 1.82) is 0 Å². The van der Waals surface area contributed by atoms with E-state index in [0.717, 1.165) is 6.07 Å². The van der Waals surface area contributed by atoms with Crippen LogP contribution in [0.3, 0.4) is 0 Å². The summed E-state index contributed by atoms with van der Waals surface area (Å²) in [7, 11) is 0. The van der Waals surface area contributed by atoms with E-state index in [1.807, 2.05) is 0 Å². The van der Waals surface area contributed by atoms with Crippen LogP contribution in [0.2, 0.25) is 0 Å². The fourth-order valence-electron chi connectivity index (χ4n) is 2.30. The van der Waals surface area contributed by atoms with Gasteiger partial charge in [-0.15, -0.1) is 11.8 Å². The highest BCUT2D eigenvalue weighted by molar-refractivity contribution is 7.99. The molecule has 1 saturated carbocycles. The Kier molecular flexibility index (Phi) is 4.40. The first kappa shape index (κ1) is 12.8. The minimum Gasteiger partial charge on any atom is -0.327 e. The zero-order valence-electron chi connectivity index (χ0n) is 9.66. The summed E-state index contributed by atoms with van der Waals surface area (Å²) in [5.74, 6) is 0.447. The van der Waals surface area contributed by atoms with Crippen molar-refractivity contribution in [2.24, 2.45) is 11.7 Å². The summed E-state index contributed by atoms with van der Waals surface area (Å²) >= 11 is 1.32. The monoisotopic (exact) mass is 257 g/mol. The summed E-state index contributed by atoms with van der Waals surface area (Å²) in [4.78, 5) is 0.360. The van der Waals surface area contributed by atoms with Gasteiger partial charge >= 0.3 is 0 Å². The van der Waals surface area contributed by atoms with Gasteiger partial charge in [-0.3, -0.25) is 0 Å². The van der Waals surface area contributed by atoms with Gasteiger partial charge in [0.15, 0.2) is 0 Å². The van der Waals surface area contributed by atoms with Crippen molar-refractivity contribution in [3.8, 4) is 0 Å². The van der Waals surface area contributed by atoms with Gasteiger partial charge in [0.05, 0.1) is 0 Å². The molecule has 0 heterocycles. The van der Waals surface area contributed by atoms with Crippen molar-refractivity contribution < 1.29 is 8.78 Å². The number of nitrogens with two attached hydrogens (primary N) is 1. The SMILES string of the molecule is NC(CSc1cc(F)ccc1F)C1CCCC1. The van der Waals surface area contributed by atoms with E-state index in [1.165, 1.54) is 49.6 Å². The van der Waals surface area contributed by atoms with Crippen LogP contribution in [0.25, 0.3) is 0 Å². The summed E-state index contributed by atoms with van der Waals surface area (Å²) in [6.45, 7) is 0. The Bertz CT molecular complexity index is 378. The molecule has 4 heteroatoms. The van der Waals surface area contributed by atoms with E-state index in [4.69, 9.17) is 5.73 Å². The zero-order valence-corrected chi connectivity index (χ0v) is 10.5. The van der Waals surface area contributed by atoms with Crippen LogP contribution in [-0.4, -0.2) is 11.8 Å². The van der Waals surface area contributed by atoms with Crippen LogP contribution in [-0.2, 0) is 0 Å². The van der Waals surface area contributed by atoms with Gasteiger partial charge in [0.2, 0.25) is 0 Å². The van der Waals surface area contributed by atoms with Gasteiger partial charge in [0.25, 0.3) is 0 Å². The van der Waals surface area contributed by atoms with Crippen molar-refractivity contribution in [3.05, 3.63) is 29.8 Å². The second-order valence-corrected chi connectivity index (χ2v) is 5.66. The number of hydrogen-bond donors (Lipinski definition) is 1. The van der Waals surface area contributed by atoms with E-state index in [1.54, 1.807) is 0 Å². The molecule has 0 radical (unpaired) electrons. The van der Waals surface area contributed by atoms with E-state index in [2.05, 4.69) is 0 Å². The maximum atomic E-state index is 13.4. The minimum atomic E-state index is -0.400. The minimum absolute atomic E-state index is 0.0881. The molecule has 1 fully saturated rings. The van der Waals surface area contributed by atoms with E-state index >= 15 is 0 Å². The highest BCUT2D eigenvalue weighted by atomic mass is 32.2. The molecule has 0 saturated heterocycles. The molecule has 1 unspecified atom stereocenters. The Morgan fingerprint density at radius 1 is 1.29 bits per heavy atom. The Labute approximate surface area is 105 Å². The predicted octanol–water partition coefficient (Wildman–Crippen LogP) is 3.57. The van der Waals surface area contributed by atoms with Crippen molar-refractivity contribution in [2.45, 2.75) is 36.6 Å². The molecule has 94 valence electrons. The molecule has 0 aliphatic heterocycles. The maximum Gasteiger partial charge on any atom is 0.136 e. The molecule has 1 nitrogen and oxygen atoms in total. The lowest BCUT2D eigenvalue weighted by Crippen LogP contribution is -2.30. The number of thioether (sulfide) groups is 1. The summed E-state index contributed by atoms with van der Waals surface area (Å²) in [6.07, 6.45) is 4.84. The predicted molar refractivity (Wildman–Crippen MR) is 67.0 cm³/mol. The van der Waals surface area contributed by atoms with Crippen molar-refractivity contribution >= 4 is 11.8 Å². The van der Waals surface area contributed by atoms with E-state index in [9.17, 15) is 8.78 Å². The number of halogens is 2. The molecule has 0 bridgehead atoms. The lowest BCUT2D eigenvalue weighted by atomic mass is 10.0. The van der Waals surface area contributed by atoms with Gasteiger partial charge in [0, 0.05) is 16.7 Å². The third-order valence-electron chi connectivity index (χ3n) is 3.33. The van der Waals surface area contributed by atoms with E-state index < -0.39 is 5.82 Å². The summed E-state index contributed by atoms with van der Waals surface area (Å²) in [5.41, 5.74) is 6.08. The maximum absolute atomic E-state index is 13.4. The van der Waals surface area contributed by atoms with Crippen molar-refractivity contribution in [2.75, 3.05) is 5.75 Å². The highest BCUT2D eigenvalue weighted by Crippen LogP contribution is 2.30. The summed E-state index contributed by atoms with van der Waals surface area (Å²) in [6, 6.07) is 3.63. The second kappa shape index (κ2) is 5.83. The Hall–Kier alpha value is -0.610. The topological polar surface area (TPSA) is 26.0 Å². The third-order valence-corrected chi connectivity index (χ3v) is 4.51. The number of rotatable bonds is 4. The van der Waals surface area contributed by atoms with Crippen LogP contribution in [0.4, 0.5) is 8.78 Å². The largest absolute Gasteiger partial charge is 0.327 e. The standard InChI is InChI=1S/C13H17F2NS/c14-10-5-6-11(15)13(7-10)17-8-12(16)9-3-1-2-4-9/h5-7,9,12H,1-4,8,16H2. The Balaban J connectivity index is 1.90. The first-order chi connectivity index (χ1) is 8.16. The van der Waals surface area contributed by atoms with E-state index in [-0.39, 0.29) is 11.9 Å². The first-order valence-electron chi connectivity index (χ1n) is 6.00. The van der Waals surface area contributed by atoms with Gasteiger partial charge in [-0.05, 0) is 37.0 Å². The quantitative estimate of drug-likeness (QED) is 0.834. The molecule has 0 spiro atoms. The lowest BCUT2D eigenvalue weighted by Gasteiger charge is -2.18. The Morgan fingerprint density at radius 2 is 2.00 bits per heavy atom. The third kappa shape index (κ3) is 3.42. The molecule has 1 atom stereocenters. The van der Waals surface area contributed by atoms with Gasteiger partial charge < -0.3 is 5.73 Å². The smallest absolute Gasteiger partial charge is 0.136 e. The summed E-state index contributed by atoms with van der Waals surface area (Å²) < 4.78 is 26.3. The first-order valence-corrected chi connectivity index (χ1v) is 6.99. The van der Waals surface area contributed by atoms with Crippen molar-refractivity contribution in [3.63, 3.8) is 0 Å². The van der Waals surface area contributed by atoms with Crippen LogP contribution in [0.1, 0.15) is 25.7 Å². The normalized spacial score (nSPS) is 18.5. The van der Waals surface area contributed by atoms with Gasteiger partial charge in [-0.1, -0.05) is 12.8 Å². The molecule has 0 aromatic heterocycles. The van der Waals surface area contributed by atoms with Crippen molar-refractivity contribution in [1.82, 2.24) is 0 Å². The lowest BCUT2D eigenvalue weighted by molar-refractivity contribution is 0.463. The van der Waals surface area contributed by atoms with Gasteiger partial charge in [-0.2, -0.15) is 0 Å². The molecule has 0 amide bonds. The fourth-order valence-corrected chi connectivity index (χ4v) is 3.34. The Morgan fingerprint density at radius 3 is 2.71 bits per heavy atom. The molecular formula is C13H17F2NS. The highest BCUT2D eigenvalue weighted by Gasteiger charge is 2.22. The zero-order chi connectivity index (χ0) is 12.3. The average Bonchev–Trinajstić information content (AvgIpc) is 2.83. The molecule has 1 aromatic rings. The second-order valence-electron chi connectivity index (χ2n) is 4.59. The van der Waals surface area contributed by atoms with Crippen LogP contribution >= 0.6 is 11.8 Å².